The molecule has 1 N–H and O–H groups in total. The first-order chi connectivity index (χ1) is 16.1. The van der Waals surface area contributed by atoms with Crippen molar-refractivity contribution in [2.45, 2.75) is 33.2 Å². The first-order valence-corrected chi connectivity index (χ1v) is 11.4. The molecule has 1 aliphatic rings. The number of aromatic nitrogens is 2. The van der Waals surface area contributed by atoms with Gasteiger partial charge in [-0.05, 0) is 37.1 Å². The Bertz CT molecular complexity index is 1210. The van der Waals surface area contributed by atoms with Crippen molar-refractivity contribution in [3.8, 4) is 0 Å². The number of nitrogens with one attached hydrogen (secondary N) is 1. The van der Waals surface area contributed by atoms with Crippen LogP contribution in [0, 0.1) is 0 Å². The molecule has 1 aliphatic heterocycles. The minimum absolute atomic E-state index is 0.185. The summed E-state index contributed by atoms with van der Waals surface area (Å²) in [6.45, 7) is 7.60. The molecule has 0 bridgehead atoms. The van der Waals surface area contributed by atoms with E-state index in [0.29, 0.717) is 23.0 Å². The van der Waals surface area contributed by atoms with Gasteiger partial charge in [0.05, 0.1) is 24.3 Å². The number of hydrazone groups is 1. The van der Waals surface area contributed by atoms with Gasteiger partial charge in [-0.1, -0.05) is 43.7 Å². The number of hydrogen-bond donors (Lipinski definition) is 1. The highest BCUT2D eigenvalue weighted by Gasteiger charge is 2.17. The Kier molecular flexibility index (Phi) is 7.14. The number of hydrogen-bond acceptors (Lipinski definition) is 6. The van der Waals surface area contributed by atoms with Crippen molar-refractivity contribution in [3.63, 3.8) is 0 Å². The number of anilines is 1. The van der Waals surface area contributed by atoms with E-state index in [-0.39, 0.29) is 11.3 Å². The van der Waals surface area contributed by atoms with Gasteiger partial charge in [0.15, 0.2) is 5.69 Å². The maximum absolute atomic E-state index is 13.0. The second kappa shape index (κ2) is 10.4. The lowest BCUT2D eigenvalue weighted by Crippen LogP contribution is -2.36. The molecule has 1 aromatic heterocycles. The molecule has 2 aromatic carbocycles. The summed E-state index contributed by atoms with van der Waals surface area (Å²) in [5.74, 6) is -0.444. The highest BCUT2D eigenvalue weighted by molar-refractivity contribution is 6.06. The van der Waals surface area contributed by atoms with Gasteiger partial charge in [-0.15, -0.1) is 0 Å². The van der Waals surface area contributed by atoms with Crippen molar-refractivity contribution in [1.82, 2.24) is 15.2 Å². The van der Waals surface area contributed by atoms with E-state index in [1.165, 1.54) is 4.68 Å². The molecule has 0 saturated carbocycles. The number of nitrogens with zero attached hydrogens (tertiary/aromatic N) is 4. The average Bonchev–Trinajstić information content (AvgIpc) is 2.87. The molecule has 0 radical (unpaired) electrons. The van der Waals surface area contributed by atoms with Gasteiger partial charge in [0.25, 0.3) is 11.5 Å². The molecule has 8 heteroatoms. The number of unbranched alkanes of at least 4 members (excludes halogenated alkanes) is 1. The van der Waals surface area contributed by atoms with Crippen molar-refractivity contribution in [3.05, 3.63) is 70.1 Å². The fourth-order valence-electron chi connectivity index (χ4n) is 3.85. The number of fused-ring (bicyclic) bond motifs is 1. The quantitative estimate of drug-likeness (QED) is 0.444. The highest BCUT2D eigenvalue weighted by Crippen LogP contribution is 2.17. The first kappa shape index (κ1) is 22.7. The van der Waals surface area contributed by atoms with Crippen molar-refractivity contribution in [2.75, 3.05) is 31.2 Å². The number of benzene rings is 2. The van der Waals surface area contributed by atoms with Gasteiger partial charge in [-0.2, -0.15) is 10.2 Å². The van der Waals surface area contributed by atoms with Gasteiger partial charge in [0.1, 0.15) is 0 Å². The van der Waals surface area contributed by atoms with Crippen molar-refractivity contribution in [2.24, 2.45) is 5.10 Å². The molecular weight excluding hydrogens is 418 g/mol. The second-order valence-corrected chi connectivity index (χ2v) is 8.06. The summed E-state index contributed by atoms with van der Waals surface area (Å²) in [6, 6.07) is 15.1. The number of rotatable bonds is 7. The van der Waals surface area contributed by atoms with Crippen LogP contribution in [0.5, 0.6) is 0 Å². The Hall–Kier alpha value is -3.52. The summed E-state index contributed by atoms with van der Waals surface area (Å²) in [7, 11) is 0. The lowest BCUT2D eigenvalue weighted by atomic mass is 10.1. The number of ether oxygens (including phenoxy) is 1. The topological polar surface area (TPSA) is 88.8 Å². The molecule has 3 aromatic rings. The minimum atomic E-state index is -0.444. The molecule has 8 nitrogen and oxygen atoms in total. The van der Waals surface area contributed by atoms with Crippen LogP contribution in [-0.4, -0.2) is 47.7 Å². The van der Waals surface area contributed by atoms with E-state index in [0.717, 1.165) is 50.4 Å². The zero-order chi connectivity index (χ0) is 23.2. The molecule has 2 heterocycles. The van der Waals surface area contributed by atoms with Crippen LogP contribution in [0.2, 0.25) is 0 Å². The van der Waals surface area contributed by atoms with Gasteiger partial charge in [-0.25, -0.2) is 10.1 Å². The summed E-state index contributed by atoms with van der Waals surface area (Å²) < 4.78 is 6.79. The van der Waals surface area contributed by atoms with E-state index in [4.69, 9.17) is 4.74 Å². The van der Waals surface area contributed by atoms with Crippen LogP contribution < -0.4 is 15.9 Å². The van der Waals surface area contributed by atoms with E-state index in [1.807, 2.05) is 26.0 Å². The zero-order valence-electron chi connectivity index (χ0n) is 19.1. The Balaban J connectivity index is 1.54. The third-order valence-corrected chi connectivity index (χ3v) is 5.79. The monoisotopic (exact) mass is 447 g/mol. The molecule has 1 saturated heterocycles. The number of aryl methyl sites for hydroxylation is 1. The van der Waals surface area contributed by atoms with Crippen molar-refractivity contribution >= 4 is 28.1 Å². The summed E-state index contributed by atoms with van der Waals surface area (Å²) in [5.41, 5.74) is 5.36. The normalized spacial score (nSPS) is 14.5. The van der Waals surface area contributed by atoms with Crippen LogP contribution in [0.1, 0.15) is 42.7 Å². The average molecular weight is 448 g/mol. The Labute approximate surface area is 192 Å². The minimum Gasteiger partial charge on any atom is -0.378 e. The molecule has 0 aliphatic carbocycles. The van der Waals surface area contributed by atoms with Gasteiger partial charge in [-0.3, -0.25) is 9.59 Å². The highest BCUT2D eigenvalue weighted by atomic mass is 16.5. The number of morpholine rings is 1. The number of amides is 1. The van der Waals surface area contributed by atoms with E-state index >= 15 is 0 Å². The van der Waals surface area contributed by atoms with Crippen molar-refractivity contribution < 1.29 is 9.53 Å². The predicted octanol–water partition coefficient (Wildman–Crippen LogP) is 3.19. The van der Waals surface area contributed by atoms with E-state index < -0.39 is 5.91 Å². The Morgan fingerprint density at radius 1 is 1.09 bits per heavy atom. The summed E-state index contributed by atoms with van der Waals surface area (Å²) in [6.07, 6.45) is 1.74. The van der Waals surface area contributed by atoms with Gasteiger partial charge in [0, 0.05) is 30.7 Å². The van der Waals surface area contributed by atoms with Crippen LogP contribution in [-0.2, 0) is 11.3 Å². The van der Waals surface area contributed by atoms with Gasteiger partial charge >= 0.3 is 0 Å². The largest absolute Gasteiger partial charge is 0.378 e. The molecular formula is C25H29N5O3. The summed E-state index contributed by atoms with van der Waals surface area (Å²) >= 11 is 0. The fourth-order valence-corrected chi connectivity index (χ4v) is 3.85. The zero-order valence-corrected chi connectivity index (χ0v) is 19.1. The Morgan fingerprint density at radius 3 is 2.48 bits per heavy atom. The third kappa shape index (κ3) is 5.12. The molecule has 4 rings (SSSR count). The maximum atomic E-state index is 13.0. The number of carbonyl (C=O) groups is 1. The van der Waals surface area contributed by atoms with Crippen LogP contribution >= 0.6 is 0 Å². The van der Waals surface area contributed by atoms with Gasteiger partial charge in [0.2, 0.25) is 0 Å². The summed E-state index contributed by atoms with van der Waals surface area (Å²) in [4.78, 5) is 28.0. The number of carbonyl (C=O) groups excluding carboxylic acids is 1. The molecule has 0 spiro atoms. The van der Waals surface area contributed by atoms with Crippen LogP contribution in [0.25, 0.3) is 10.8 Å². The van der Waals surface area contributed by atoms with Crippen LogP contribution in [0.3, 0.4) is 0 Å². The molecule has 33 heavy (non-hydrogen) atoms. The summed E-state index contributed by atoms with van der Waals surface area (Å²) in [5, 5.41) is 9.65. The predicted molar refractivity (Wildman–Crippen MR) is 130 cm³/mol. The smallest absolute Gasteiger partial charge is 0.292 e. The first-order valence-electron chi connectivity index (χ1n) is 11.4. The van der Waals surface area contributed by atoms with E-state index in [2.05, 4.69) is 32.7 Å². The van der Waals surface area contributed by atoms with E-state index in [1.54, 1.807) is 24.3 Å². The molecule has 172 valence electrons. The molecule has 1 fully saturated rings. The molecule has 1 amide bonds. The molecule has 0 unspecified atom stereocenters. The van der Waals surface area contributed by atoms with Crippen LogP contribution in [0.4, 0.5) is 5.69 Å². The molecule has 0 atom stereocenters. The van der Waals surface area contributed by atoms with Crippen LogP contribution in [0.15, 0.2) is 58.4 Å². The Morgan fingerprint density at radius 2 is 1.79 bits per heavy atom. The fraction of sp³-hybridized carbons (Fsp3) is 0.360. The standard InChI is InChI=1S/C25H29N5O3/c1-3-4-13-30-25(32)22-8-6-5-7-21(22)23(28-30)24(31)27-26-18(2)19-9-11-20(12-10-19)29-14-16-33-17-15-29/h5-12H,3-4,13-17H2,1-2H3,(H,27,31). The van der Waals surface area contributed by atoms with Crippen molar-refractivity contribution in [1.29, 1.82) is 0 Å². The maximum Gasteiger partial charge on any atom is 0.292 e. The van der Waals surface area contributed by atoms with E-state index in [9.17, 15) is 9.59 Å². The lowest BCUT2D eigenvalue weighted by molar-refractivity contribution is 0.0949. The lowest BCUT2D eigenvalue weighted by Gasteiger charge is -2.28. The van der Waals surface area contributed by atoms with Gasteiger partial charge < -0.3 is 9.64 Å². The second-order valence-electron chi connectivity index (χ2n) is 8.06. The SMILES string of the molecule is CCCCn1nc(C(=O)NN=C(C)c2ccc(N3CCOCC3)cc2)c2ccccc2c1=O. The third-order valence-electron chi connectivity index (χ3n) is 5.79.